The third-order valence-corrected chi connectivity index (χ3v) is 3.15. The summed E-state index contributed by atoms with van der Waals surface area (Å²) in [5.41, 5.74) is 7.07. The summed E-state index contributed by atoms with van der Waals surface area (Å²) in [6, 6.07) is 7.69. The second kappa shape index (κ2) is 6.52. The molecule has 0 bridgehead atoms. The number of benzene rings is 1. The Labute approximate surface area is 119 Å². The predicted octanol–water partition coefficient (Wildman–Crippen LogP) is 2.66. The summed E-state index contributed by atoms with van der Waals surface area (Å²) >= 11 is 0. The fraction of sp³-hybridized carbons (Fsp3) is 0.467. The van der Waals surface area contributed by atoms with Crippen molar-refractivity contribution in [1.29, 1.82) is 0 Å². The van der Waals surface area contributed by atoms with E-state index in [4.69, 9.17) is 14.9 Å². The monoisotopic (exact) mass is 275 g/mol. The van der Waals surface area contributed by atoms with Gasteiger partial charge in [-0.25, -0.2) is 0 Å². The van der Waals surface area contributed by atoms with Crippen molar-refractivity contribution in [2.45, 2.75) is 33.2 Å². The predicted molar refractivity (Wildman–Crippen MR) is 76.4 cm³/mol. The standard InChI is InChI=1S/C15H21N3O2/c1-10(2)14(16)15-18-17-13(20-15)8-9-19-12-7-5-4-6-11(12)3/h4-7,10,14H,8-9,16H2,1-3H3. The van der Waals surface area contributed by atoms with Crippen LogP contribution in [0.3, 0.4) is 0 Å². The maximum absolute atomic E-state index is 5.96. The number of nitrogens with two attached hydrogens (primary N) is 1. The van der Waals surface area contributed by atoms with Crippen LogP contribution in [0.4, 0.5) is 0 Å². The molecule has 1 atom stereocenters. The van der Waals surface area contributed by atoms with Gasteiger partial charge in [0.2, 0.25) is 11.8 Å². The SMILES string of the molecule is Cc1ccccc1OCCc1nnc(C(N)C(C)C)o1. The summed E-state index contributed by atoms with van der Waals surface area (Å²) in [6.45, 7) is 6.57. The largest absolute Gasteiger partial charge is 0.493 e. The van der Waals surface area contributed by atoms with E-state index in [2.05, 4.69) is 10.2 Å². The van der Waals surface area contributed by atoms with E-state index in [1.807, 2.05) is 45.0 Å². The van der Waals surface area contributed by atoms with Crippen LogP contribution in [0.25, 0.3) is 0 Å². The third kappa shape index (κ3) is 3.57. The zero-order chi connectivity index (χ0) is 14.5. The molecule has 0 aliphatic rings. The molecule has 0 radical (unpaired) electrons. The maximum atomic E-state index is 5.96. The number of nitrogens with zero attached hydrogens (tertiary/aromatic N) is 2. The summed E-state index contributed by atoms with van der Waals surface area (Å²) in [4.78, 5) is 0. The first-order valence-electron chi connectivity index (χ1n) is 6.84. The number of ether oxygens (including phenoxy) is 1. The molecule has 1 aromatic carbocycles. The van der Waals surface area contributed by atoms with Crippen LogP contribution >= 0.6 is 0 Å². The third-order valence-electron chi connectivity index (χ3n) is 3.15. The Morgan fingerprint density at radius 3 is 2.70 bits per heavy atom. The lowest BCUT2D eigenvalue weighted by atomic mass is 10.1. The van der Waals surface area contributed by atoms with Crippen molar-refractivity contribution in [3.63, 3.8) is 0 Å². The average Bonchev–Trinajstić information content (AvgIpc) is 2.88. The van der Waals surface area contributed by atoms with Crippen molar-refractivity contribution < 1.29 is 9.15 Å². The Kier molecular flexibility index (Phi) is 4.74. The van der Waals surface area contributed by atoms with Gasteiger partial charge in [0.15, 0.2) is 0 Å². The molecule has 1 unspecified atom stereocenters. The molecule has 0 aliphatic heterocycles. The molecule has 2 aromatic rings. The van der Waals surface area contributed by atoms with Crippen LogP contribution in [-0.2, 0) is 6.42 Å². The van der Waals surface area contributed by atoms with E-state index in [-0.39, 0.29) is 12.0 Å². The zero-order valence-corrected chi connectivity index (χ0v) is 12.2. The van der Waals surface area contributed by atoms with E-state index in [0.29, 0.717) is 24.8 Å². The van der Waals surface area contributed by atoms with Crippen LogP contribution < -0.4 is 10.5 Å². The number of para-hydroxylation sites is 1. The van der Waals surface area contributed by atoms with Crippen LogP contribution in [0.2, 0.25) is 0 Å². The van der Waals surface area contributed by atoms with E-state index in [1.54, 1.807) is 0 Å². The lowest BCUT2D eigenvalue weighted by Crippen LogP contribution is -2.16. The number of rotatable bonds is 6. The summed E-state index contributed by atoms with van der Waals surface area (Å²) in [5, 5.41) is 7.98. The molecule has 1 aromatic heterocycles. The topological polar surface area (TPSA) is 74.2 Å². The van der Waals surface area contributed by atoms with Crippen molar-refractivity contribution >= 4 is 0 Å². The van der Waals surface area contributed by atoms with E-state index in [1.165, 1.54) is 0 Å². The fourth-order valence-corrected chi connectivity index (χ4v) is 1.75. The van der Waals surface area contributed by atoms with Crippen molar-refractivity contribution in [2.24, 2.45) is 11.7 Å². The van der Waals surface area contributed by atoms with Gasteiger partial charge in [0.1, 0.15) is 5.75 Å². The molecular weight excluding hydrogens is 254 g/mol. The number of hydrogen-bond donors (Lipinski definition) is 1. The first kappa shape index (κ1) is 14.5. The van der Waals surface area contributed by atoms with Gasteiger partial charge in [0, 0.05) is 0 Å². The van der Waals surface area contributed by atoms with Gasteiger partial charge >= 0.3 is 0 Å². The van der Waals surface area contributed by atoms with Gasteiger partial charge in [-0.1, -0.05) is 32.0 Å². The van der Waals surface area contributed by atoms with Crippen LogP contribution in [0.15, 0.2) is 28.7 Å². The van der Waals surface area contributed by atoms with Gasteiger partial charge in [-0.15, -0.1) is 10.2 Å². The molecule has 0 saturated carbocycles. The van der Waals surface area contributed by atoms with Crippen molar-refractivity contribution in [3.05, 3.63) is 41.6 Å². The van der Waals surface area contributed by atoms with Gasteiger partial charge < -0.3 is 14.9 Å². The van der Waals surface area contributed by atoms with E-state index in [9.17, 15) is 0 Å². The fourth-order valence-electron chi connectivity index (χ4n) is 1.75. The summed E-state index contributed by atoms with van der Waals surface area (Å²) in [5.74, 6) is 2.20. The van der Waals surface area contributed by atoms with Crippen molar-refractivity contribution in [3.8, 4) is 5.75 Å². The highest BCUT2D eigenvalue weighted by Crippen LogP contribution is 2.18. The van der Waals surface area contributed by atoms with Gasteiger partial charge in [-0.3, -0.25) is 0 Å². The zero-order valence-electron chi connectivity index (χ0n) is 12.2. The Balaban J connectivity index is 1.87. The Morgan fingerprint density at radius 1 is 1.25 bits per heavy atom. The molecule has 2 rings (SSSR count). The second-order valence-electron chi connectivity index (χ2n) is 5.17. The lowest BCUT2D eigenvalue weighted by molar-refractivity contribution is 0.297. The molecule has 108 valence electrons. The molecule has 0 amide bonds. The minimum Gasteiger partial charge on any atom is -0.493 e. The van der Waals surface area contributed by atoms with E-state index < -0.39 is 0 Å². The Hall–Kier alpha value is -1.88. The smallest absolute Gasteiger partial charge is 0.233 e. The van der Waals surface area contributed by atoms with Gasteiger partial charge in [-0.2, -0.15) is 0 Å². The second-order valence-corrected chi connectivity index (χ2v) is 5.17. The highest BCUT2D eigenvalue weighted by molar-refractivity contribution is 5.31. The molecule has 0 aliphatic carbocycles. The molecule has 0 saturated heterocycles. The van der Waals surface area contributed by atoms with Crippen LogP contribution in [0, 0.1) is 12.8 Å². The molecule has 5 nitrogen and oxygen atoms in total. The molecule has 1 heterocycles. The highest BCUT2D eigenvalue weighted by Gasteiger charge is 2.17. The number of hydrogen-bond acceptors (Lipinski definition) is 5. The lowest BCUT2D eigenvalue weighted by Gasteiger charge is -2.09. The summed E-state index contributed by atoms with van der Waals surface area (Å²) in [7, 11) is 0. The molecular formula is C15H21N3O2. The Morgan fingerprint density at radius 2 is 2.00 bits per heavy atom. The minimum absolute atomic E-state index is 0.214. The van der Waals surface area contributed by atoms with Gasteiger partial charge in [0.25, 0.3) is 0 Å². The number of aryl methyl sites for hydroxylation is 1. The van der Waals surface area contributed by atoms with Crippen LogP contribution in [0.1, 0.15) is 37.2 Å². The first-order chi connectivity index (χ1) is 9.58. The van der Waals surface area contributed by atoms with Gasteiger partial charge in [0.05, 0.1) is 19.1 Å². The van der Waals surface area contributed by atoms with Crippen LogP contribution in [0.5, 0.6) is 5.75 Å². The summed E-state index contributed by atoms with van der Waals surface area (Å²) in [6.07, 6.45) is 0.576. The molecule has 0 spiro atoms. The highest BCUT2D eigenvalue weighted by atomic mass is 16.5. The quantitative estimate of drug-likeness (QED) is 0.877. The van der Waals surface area contributed by atoms with Crippen LogP contribution in [-0.4, -0.2) is 16.8 Å². The van der Waals surface area contributed by atoms with E-state index in [0.717, 1.165) is 11.3 Å². The minimum atomic E-state index is -0.214. The maximum Gasteiger partial charge on any atom is 0.233 e. The Bertz CT molecular complexity index is 552. The van der Waals surface area contributed by atoms with Crippen molar-refractivity contribution in [2.75, 3.05) is 6.61 Å². The summed E-state index contributed by atoms with van der Waals surface area (Å²) < 4.78 is 11.2. The molecule has 20 heavy (non-hydrogen) atoms. The first-order valence-corrected chi connectivity index (χ1v) is 6.84. The normalized spacial score (nSPS) is 12.7. The molecule has 2 N–H and O–H groups in total. The molecule has 5 heteroatoms. The van der Waals surface area contributed by atoms with Crippen molar-refractivity contribution in [1.82, 2.24) is 10.2 Å². The molecule has 0 fully saturated rings. The van der Waals surface area contributed by atoms with E-state index >= 15 is 0 Å². The number of aromatic nitrogens is 2. The average molecular weight is 275 g/mol. The van der Waals surface area contributed by atoms with Gasteiger partial charge in [-0.05, 0) is 24.5 Å².